The molecule has 1 aromatic carbocycles. The van der Waals surface area contributed by atoms with Crippen molar-refractivity contribution in [2.75, 3.05) is 11.5 Å². The number of ether oxygens (including phenoxy) is 2. The number of halogens is 1. The lowest BCUT2D eigenvalue weighted by atomic mass is 9.77. The molecule has 0 bridgehead atoms. The fourth-order valence-corrected chi connectivity index (χ4v) is 5.55. The summed E-state index contributed by atoms with van der Waals surface area (Å²) in [5.41, 5.74) is 1.21. The minimum absolute atomic E-state index is 0.0407. The van der Waals surface area contributed by atoms with Crippen LogP contribution in [0.3, 0.4) is 0 Å². The SMILES string of the molecule is C=CCOc1ccc(C2C3=C(OC4CCC(Cl)CC4C3=O)C(=O)N2c2nccs2)cc1. The highest BCUT2D eigenvalue weighted by molar-refractivity contribution is 7.13. The van der Waals surface area contributed by atoms with Crippen molar-refractivity contribution in [3.63, 3.8) is 0 Å². The van der Waals surface area contributed by atoms with Crippen molar-refractivity contribution in [2.24, 2.45) is 5.92 Å². The first kappa shape index (κ1) is 20.3. The third-order valence-electron chi connectivity index (χ3n) is 5.97. The Kier molecular flexibility index (Phi) is 5.32. The Morgan fingerprint density at radius 3 is 2.81 bits per heavy atom. The van der Waals surface area contributed by atoms with Crippen LogP contribution in [0.2, 0.25) is 0 Å². The van der Waals surface area contributed by atoms with E-state index in [0.29, 0.717) is 35.9 Å². The Balaban J connectivity index is 1.57. The van der Waals surface area contributed by atoms with Crippen molar-refractivity contribution in [3.8, 4) is 5.75 Å². The van der Waals surface area contributed by atoms with E-state index in [9.17, 15) is 9.59 Å². The normalized spacial score (nSPS) is 27.6. The summed E-state index contributed by atoms with van der Waals surface area (Å²) >= 11 is 7.72. The Labute approximate surface area is 189 Å². The number of hydrogen-bond donors (Lipinski definition) is 0. The molecule has 2 aliphatic heterocycles. The number of alkyl halides is 1. The minimum atomic E-state index is -0.591. The lowest BCUT2D eigenvalue weighted by Gasteiger charge is -2.37. The molecule has 1 amide bonds. The number of carbonyl (C=O) groups is 2. The highest BCUT2D eigenvalue weighted by Gasteiger charge is 2.53. The van der Waals surface area contributed by atoms with E-state index in [-0.39, 0.29) is 34.8 Å². The topological polar surface area (TPSA) is 68.7 Å². The minimum Gasteiger partial charge on any atom is -0.490 e. The highest BCUT2D eigenvalue weighted by Crippen LogP contribution is 2.49. The van der Waals surface area contributed by atoms with Gasteiger partial charge in [0, 0.05) is 17.0 Å². The summed E-state index contributed by atoms with van der Waals surface area (Å²) in [6.45, 7) is 4.05. The van der Waals surface area contributed by atoms with E-state index in [0.717, 1.165) is 12.0 Å². The van der Waals surface area contributed by atoms with Crippen LogP contribution in [0, 0.1) is 5.92 Å². The van der Waals surface area contributed by atoms with Crippen molar-refractivity contribution < 1.29 is 19.1 Å². The Morgan fingerprint density at radius 1 is 1.29 bits per heavy atom. The standard InChI is InChI=1S/C23H21ClN2O4S/c1-2-10-29-15-6-3-13(4-7-15)19-18-20(27)16-12-14(24)5-8-17(16)30-21(18)22(28)26(19)23-25-9-11-31-23/h2-4,6-7,9,11,14,16-17,19H,1,5,8,10,12H2. The smallest absolute Gasteiger partial charge is 0.296 e. The molecule has 6 nitrogen and oxygen atoms in total. The van der Waals surface area contributed by atoms with Gasteiger partial charge in [0.1, 0.15) is 18.5 Å². The van der Waals surface area contributed by atoms with Gasteiger partial charge in [-0.2, -0.15) is 0 Å². The second kappa shape index (κ2) is 8.13. The van der Waals surface area contributed by atoms with E-state index in [1.165, 1.54) is 11.3 Å². The number of anilines is 1. The zero-order valence-corrected chi connectivity index (χ0v) is 18.3. The molecule has 4 atom stereocenters. The molecule has 8 heteroatoms. The zero-order valence-electron chi connectivity index (χ0n) is 16.7. The van der Waals surface area contributed by atoms with E-state index in [1.54, 1.807) is 17.2 Å². The molecule has 0 spiro atoms. The van der Waals surface area contributed by atoms with Crippen LogP contribution in [0.15, 0.2) is 59.8 Å². The van der Waals surface area contributed by atoms with Crippen molar-refractivity contribution in [1.82, 2.24) is 4.98 Å². The summed E-state index contributed by atoms with van der Waals surface area (Å²) in [6, 6.07) is 6.81. The molecule has 4 unspecified atom stereocenters. The average Bonchev–Trinajstić information content (AvgIpc) is 3.40. The van der Waals surface area contributed by atoms with Gasteiger partial charge in [-0.1, -0.05) is 24.8 Å². The first-order valence-electron chi connectivity index (χ1n) is 10.2. The average molecular weight is 457 g/mol. The van der Waals surface area contributed by atoms with Gasteiger partial charge < -0.3 is 9.47 Å². The van der Waals surface area contributed by atoms with E-state index < -0.39 is 6.04 Å². The molecule has 5 rings (SSSR count). The highest BCUT2D eigenvalue weighted by atomic mass is 35.5. The number of benzene rings is 1. The molecule has 0 radical (unpaired) electrons. The largest absolute Gasteiger partial charge is 0.490 e. The van der Waals surface area contributed by atoms with Crippen molar-refractivity contribution in [1.29, 1.82) is 0 Å². The van der Waals surface area contributed by atoms with E-state index in [4.69, 9.17) is 21.1 Å². The third kappa shape index (κ3) is 3.46. The summed E-state index contributed by atoms with van der Waals surface area (Å²) in [4.78, 5) is 32.9. The molecule has 3 aliphatic rings. The molecule has 31 heavy (non-hydrogen) atoms. The van der Waals surface area contributed by atoms with Crippen molar-refractivity contribution in [3.05, 3.63) is 65.4 Å². The zero-order chi connectivity index (χ0) is 21.5. The van der Waals surface area contributed by atoms with Crippen LogP contribution in [0.25, 0.3) is 0 Å². The van der Waals surface area contributed by atoms with Crippen molar-refractivity contribution in [2.45, 2.75) is 36.8 Å². The number of rotatable bonds is 5. The number of hydrogen-bond acceptors (Lipinski definition) is 6. The van der Waals surface area contributed by atoms with E-state index in [1.807, 2.05) is 29.6 Å². The maximum atomic E-state index is 13.6. The third-order valence-corrected chi connectivity index (χ3v) is 7.14. The van der Waals surface area contributed by atoms with E-state index >= 15 is 0 Å². The second-order valence-electron chi connectivity index (χ2n) is 7.84. The molecule has 1 fully saturated rings. The molecule has 0 N–H and O–H groups in total. The molecular formula is C23H21ClN2O4S. The van der Waals surface area contributed by atoms with E-state index in [2.05, 4.69) is 11.6 Å². The fourth-order valence-electron chi connectivity index (χ4n) is 4.56. The van der Waals surface area contributed by atoms with Crippen LogP contribution in [-0.2, 0) is 14.3 Å². The first-order chi connectivity index (χ1) is 15.1. The summed E-state index contributed by atoms with van der Waals surface area (Å²) in [7, 11) is 0. The summed E-state index contributed by atoms with van der Waals surface area (Å²) in [5, 5.41) is 2.29. The summed E-state index contributed by atoms with van der Waals surface area (Å²) < 4.78 is 11.7. The molecule has 1 aliphatic carbocycles. The monoisotopic (exact) mass is 456 g/mol. The number of nitrogens with zero attached hydrogens (tertiary/aromatic N) is 2. The molecule has 2 aromatic rings. The van der Waals surface area contributed by atoms with Crippen LogP contribution in [0.1, 0.15) is 30.9 Å². The quantitative estimate of drug-likeness (QED) is 0.492. The predicted octanol–water partition coefficient (Wildman–Crippen LogP) is 4.43. The van der Waals surface area contributed by atoms with Crippen LogP contribution < -0.4 is 9.64 Å². The summed E-state index contributed by atoms with van der Waals surface area (Å²) in [5.74, 6) is 0.164. The van der Waals surface area contributed by atoms with Gasteiger partial charge in [-0.3, -0.25) is 14.5 Å². The molecule has 160 valence electrons. The Morgan fingerprint density at radius 2 is 2.10 bits per heavy atom. The lowest BCUT2D eigenvalue weighted by Crippen LogP contribution is -2.41. The van der Waals surface area contributed by atoms with Gasteiger partial charge in [0.05, 0.1) is 17.5 Å². The number of fused-ring (bicyclic) bond motifs is 1. The second-order valence-corrected chi connectivity index (χ2v) is 9.33. The number of amides is 1. The maximum Gasteiger partial charge on any atom is 0.296 e. The van der Waals surface area contributed by atoms with Gasteiger partial charge in [0.15, 0.2) is 16.7 Å². The number of carbonyl (C=O) groups excluding carboxylic acids is 2. The fraction of sp³-hybridized carbons (Fsp3) is 0.348. The molecule has 1 saturated carbocycles. The Bertz CT molecular complexity index is 1050. The number of aromatic nitrogens is 1. The Hall–Kier alpha value is -2.64. The number of ketones is 1. The van der Waals surface area contributed by atoms with Crippen LogP contribution in [0.5, 0.6) is 5.75 Å². The maximum absolute atomic E-state index is 13.6. The van der Waals surface area contributed by atoms with Gasteiger partial charge in [0.2, 0.25) is 0 Å². The first-order valence-corrected chi connectivity index (χ1v) is 11.6. The number of Topliss-reactive ketones (excluding diaryl/α,β-unsaturated/α-hetero) is 1. The lowest BCUT2D eigenvalue weighted by molar-refractivity contribution is -0.131. The molecule has 0 saturated heterocycles. The van der Waals surface area contributed by atoms with Crippen LogP contribution in [-0.4, -0.2) is 34.8 Å². The van der Waals surface area contributed by atoms with Gasteiger partial charge in [-0.05, 0) is 37.0 Å². The molecular weight excluding hydrogens is 436 g/mol. The van der Waals surface area contributed by atoms with Crippen molar-refractivity contribution >= 4 is 39.8 Å². The molecule has 1 aromatic heterocycles. The van der Waals surface area contributed by atoms with Crippen LogP contribution in [0.4, 0.5) is 5.13 Å². The van der Waals surface area contributed by atoms with Gasteiger partial charge in [-0.25, -0.2) is 4.98 Å². The summed E-state index contributed by atoms with van der Waals surface area (Å²) in [6.07, 6.45) is 5.04. The number of thiazole rings is 1. The van der Waals surface area contributed by atoms with Gasteiger partial charge in [0.25, 0.3) is 5.91 Å². The van der Waals surface area contributed by atoms with Crippen LogP contribution >= 0.6 is 22.9 Å². The molecule has 3 heterocycles. The van der Waals surface area contributed by atoms with Gasteiger partial charge >= 0.3 is 0 Å². The van der Waals surface area contributed by atoms with Gasteiger partial charge in [-0.15, -0.1) is 22.9 Å². The predicted molar refractivity (Wildman–Crippen MR) is 118 cm³/mol.